The molecule has 0 heterocycles. The molecule has 0 aromatic heterocycles. The molecule has 1 aromatic carbocycles. The zero-order chi connectivity index (χ0) is 15.2. The second-order valence-corrected chi connectivity index (χ2v) is 6.01. The molecule has 2 rings (SSSR count). The van der Waals surface area contributed by atoms with Crippen LogP contribution in [0.5, 0.6) is 5.75 Å². The van der Waals surface area contributed by atoms with Crippen molar-refractivity contribution in [1.82, 2.24) is 10.2 Å². The number of nitrogens with zero attached hydrogens (tertiary/aromatic N) is 1. The maximum absolute atomic E-state index is 11.9. The van der Waals surface area contributed by atoms with Crippen molar-refractivity contribution in [3.63, 3.8) is 0 Å². The Morgan fingerprint density at radius 3 is 2.90 bits per heavy atom. The van der Waals surface area contributed by atoms with Crippen LogP contribution in [0.25, 0.3) is 0 Å². The van der Waals surface area contributed by atoms with Crippen LogP contribution in [0.2, 0.25) is 0 Å². The van der Waals surface area contributed by atoms with E-state index in [0.717, 1.165) is 11.7 Å². The third-order valence-electron chi connectivity index (χ3n) is 4.07. The van der Waals surface area contributed by atoms with Gasteiger partial charge in [-0.25, -0.2) is 0 Å². The molecule has 1 N–H and O–H groups in total. The number of carbonyl (C=O) groups is 1. The standard InChI is InChI=1S/C17H26N2O2/c1-13-5-4-6-16(11-13)21-10-9-18-17(20)12-19(3)14(2)15-7-8-15/h4-6,11,14-15H,7-10,12H2,1-3H3,(H,18,20). The molecular weight excluding hydrogens is 264 g/mol. The van der Waals surface area contributed by atoms with Gasteiger partial charge >= 0.3 is 0 Å². The molecule has 1 fully saturated rings. The van der Waals surface area contributed by atoms with Crippen LogP contribution in [0.1, 0.15) is 25.3 Å². The van der Waals surface area contributed by atoms with Crippen molar-refractivity contribution in [2.45, 2.75) is 32.7 Å². The Balaban J connectivity index is 1.60. The summed E-state index contributed by atoms with van der Waals surface area (Å²) in [4.78, 5) is 14.0. The average molecular weight is 290 g/mol. The van der Waals surface area contributed by atoms with E-state index in [1.807, 2.05) is 38.2 Å². The molecular formula is C17H26N2O2. The van der Waals surface area contributed by atoms with E-state index in [-0.39, 0.29) is 5.91 Å². The number of likely N-dealkylation sites (N-methyl/N-ethyl adjacent to an activating group) is 1. The van der Waals surface area contributed by atoms with E-state index in [4.69, 9.17) is 4.74 Å². The van der Waals surface area contributed by atoms with E-state index >= 15 is 0 Å². The van der Waals surface area contributed by atoms with E-state index in [1.165, 1.54) is 18.4 Å². The lowest BCUT2D eigenvalue weighted by molar-refractivity contribution is -0.122. The number of carbonyl (C=O) groups excluding carboxylic acids is 1. The van der Waals surface area contributed by atoms with E-state index < -0.39 is 0 Å². The molecule has 1 atom stereocenters. The Kier molecular flexibility index (Phi) is 5.62. The van der Waals surface area contributed by atoms with Crippen LogP contribution in [0.3, 0.4) is 0 Å². The van der Waals surface area contributed by atoms with Crippen molar-refractivity contribution < 1.29 is 9.53 Å². The molecule has 0 spiro atoms. The highest BCUT2D eigenvalue weighted by Gasteiger charge is 2.30. The predicted octanol–water partition coefficient (Wildman–Crippen LogP) is 2.22. The summed E-state index contributed by atoms with van der Waals surface area (Å²) in [6.45, 7) is 5.73. The second-order valence-electron chi connectivity index (χ2n) is 6.01. The van der Waals surface area contributed by atoms with Crippen molar-refractivity contribution >= 4 is 5.91 Å². The Bertz CT molecular complexity index is 472. The molecule has 4 nitrogen and oxygen atoms in total. The van der Waals surface area contributed by atoms with Crippen molar-refractivity contribution in [3.8, 4) is 5.75 Å². The van der Waals surface area contributed by atoms with Crippen molar-refractivity contribution in [3.05, 3.63) is 29.8 Å². The van der Waals surface area contributed by atoms with Gasteiger partial charge in [0.1, 0.15) is 12.4 Å². The summed E-state index contributed by atoms with van der Waals surface area (Å²) in [5, 5.41) is 2.91. The first-order chi connectivity index (χ1) is 10.1. The first-order valence-corrected chi connectivity index (χ1v) is 7.72. The molecule has 1 saturated carbocycles. The van der Waals surface area contributed by atoms with Crippen molar-refractivity contribution in [2.75, 3.05) is 26.7 Å². The van der Waals surface area contributed by atoms with Crippen LogP contribution in [-0.2, 0) is 4.79 Å². The second kappa shape index (κ2) is 7.46. The van der Waals surface area contributed by atoms with Gasteiger partial charge in [0.25, 0.3) is 0 Å². The lowest BCUT2D eigenvalue weighted by atomic mass is 10.2. The molecule has 0 saturated heterocycles. The molecule has 0 radical (unpaired) electrons. The monoisotopic (exact) mass is 290 g/mol. The average Bonchev–Trinajstić information content (AvgIpc) is 3.27. The molecule has 1 amide bonds. The number of benzene rings is 1. The van der Waals surface area contributed by atoms with Gasteiger partial charge in [0.15, 0.2) is 0 Å². The zero-order valence-corrected chi connectivity index (χ0v) is 13.3. The van der Waals surface area contributed by atoms with Crippen LogP contribution < -0.4 is 10.1 Å². The summed E-state index contributed by atoms with van der Waals surface area (Å²) in [5.41, 5.74) is 1.17. The summed E-state index contributed by atoms with van der Waals surface area (Å²) in [7, 11) is 2.02. The number of aryl methyl sites for hydroxylation is 1. The Morgan fingerprint density at radius 2 is 2.24 bits per heavy atom. The number of hydrogen-bond acceptors (Lipinski definition) is 3. The van der Waals surface area contributed by atoms with E-state index in [0.29, 0.717) is 25.7 Å². The number of nitrogens with one attached hydrogen (secondary N) is 1. The highest BCUT2D eigenvalue weighted by Crippen LogP contribution is 2.34. The molecule has 21 heavy (non-hydrogen) atoms. The van der Waals surface area contributed by atoms with Gasteiger partial charge < -0.3 is 10.1 Å². The number of hydrogen-bond donors (Lipinski definition) is 1. The quantitative estimate of drug-likeness (QED) is 0.746. The Hall–Kier alpha value is -1.55. The minimum absolute atomic E-state index is 0.0674. The van der Waals surface area contributed by atoms with Gasteiger partial charge in [-0.05, 0) is 57.4 Å². The summed E-state index contributed by atoms with van der Waals surface area (Å²) in [5.74, 6) is 1.70. The van der Waals surface area contributed by atoms with E-state index in [2.05, 4.69) is 17.1 Å². The maximum Gasteiger partial charge on any atom is 0.234 e. The predicted molar refractivity (Wildman–Crippen MR) is 84.5 cm³/mol. The third-order valence-corrected chi connectivity index (χ3v) is 4.07. The largest absolute Gasteiger partial charge is 0.492 e. The fourth-order valence-corrected chi connectivity index (χ4v) is 2.43. The summed E-state index contributed by atoms with van der Waals surface area (Å²) in [6.07, 6.45) is 2.61. The SMILES string of the molecule is Cc1cccc(OCCNC(=O)CN(C)C(C)C2CC2)c1. The van der Waals surface area contributed by atoms with E-state index in [9.17, 15) is 4.79 Å². The topological polar surface area (TPSA) is 41.6 Å². The minimum atomic E-state index is 0.0674. The van der Waals surface area contributed by atoms with E-state index in [1.54, 1.807) is 0 Å². The van der Waals surface area contributed by atoms with Gasteiger partial charge in [0.05, 0.1) is 13.1 Å². The molecule has 116 valence electrons. The van der Waals surface area contributed by atoms with Gasteiger partial charge in [-0.15, -0.1) is 0 Å². The number of amides is 1. The molecule has 1 aliphatic carbocycles. The Labute approximate surface area is 127 Å². The molecule has 1 unspecified atom stereocenters. The van der Waals surface area contributed by atoms with Crippen LogP contribution in [0.4, 0.5) is 0 Å². The molecule has 0 bridgehead atoms. The van der Waals surface area contributed by atoms with Crippen molar-refractivity contribution in [2.24, 2.45) is 5.92 Å². The summed E-state index contributed by atoms with van der Waals surface area (Å²) >= 11 is 0. The fourth-order valence-electron chi connectivity index (χ4n) is 2.43. The van der Waals surface area contributed by atoms with Gasteiger partial charge in [-0.2, -0.15) is 0 Å². The summed E-state index contributed by atoms with van der Waals surface area (Å²) < 4.78 is 5.61. The van der Waals surface area contributed by atoms with Crippen molar-refractivity contribution in [1.29, 1.82) is 0 Å². The lowest BCUT2D eigenvalue weighted by Crippen LogP contribution is -2.41. The van der Waals surface area contributed by atoms with Gasteiger partial charge in [-0.1, -0.05) is 12.1 Å². The first-order valence-electron chi connectivity index (χ1n) is 7.72. The minimum Gasteiger partial charge on any atom is -0.492 e. The van der Waals surface area contributed by atoms with Crippen LogP contribution in [0.15, 0.2) is 24.3 Å². The third kappa shape index (κ3) is 5.38. The van der Waals surface area contributed by atoms with Gasteiger partial charge in [-0.3, -0.25) is 9.69 Å². The first kappa shape index (κ1) is 15.8. The summed E-state index contributed by atoms with van der Waals surface area (Å²) in [6, 6.07) is 8.43. The van der Waals surface area contributed by atoms with Crippen LogP contribution in [-0.4, -0.2) is 43.6 Å². The van der Waals surface area contributed by atoms with Gasteiger partial charge in [0, 0.05) is 6.04 Å². The normalized spacial score (nSPS) is 15.8. The highest BCUT2D eigenvalue weighted by molar-refractivity contribution is 5.78. The number of ether oxygens (including phenoxy) is 1. The zero-order valence-electron chi connectivity index (χ0n) is 13.3. The highest BCUT2D eigenvalue weighted by atomic mass is 16.5. The molecule has 0 aliphatic heterocycles. The lowest BCUT2D eigenvalue weighted by Gasteiger charge is -2.23. The Morgan fingerprint density at radius 1 is 1.48 bits per heavy atom. The maximum atomic E-state index is 11.9. The fraction of sp³-hybridized carbons (Fsp3) is 0.588. The van der Waals surface area contributed by atoms with Crippen LogP contribution in [0, 0.1) is 12.8 Å². The molecule has 1 aromatic rings. The number of rotatable bonds is 8. The molecule has 1 aliphatic rings. The van der Waals surface area contributed by atoms with Crippen LogP contribution >= 0.6 is 0 Å². The smallest absolute Gasteiger partial charge is 0.234 e. The van der Waals surface area contributed by atoms with Gasteiger partial charge in [0.2, 0.25) is 5.91 Å². The molecule has 4 heteroatoms.